The van der Waals surface area contributed by atoms with Crippen molar-refractivity contribution in [3.63, 3.8) is 0 Å². The molecule has 1 heterocycles. The van der Waals surface area contributed by atoms with Crippen LogP contribution in [0.2, 0.25) is 5.02 Å². The number of anilines is 3. The Hall–Kier alpha value is -1.81. The molecule has 0 bridgehead atoms. The Bertz CT molecular complexity index is 557. The van der Waals surface area contributed by atoms with Gasteiger partial charge in [-0.3, -0.25) is 0 Å². The summed E-state index contributed by atoms with van der Waals surface area (Å²) >= 11 is 5.67. The highest BCUT2D eigenvalue weighted by Gasteiger charge is 2.04. The van der Waals surface area contributed by atoms with Gasteiger partial charge in [0, 0.05) is 5.02 Å². The highest BCUT2D eigenvalue weighted by atomic mass is 35.5. The molecule has 0 saturated carbocycles. The zero-order valence-corrected chi connectivity index (χ0v) is 9.92. The van der Waals surface area contributed by atoms with Crippen LogP contribution < -0.4 is 11.1 Å². The number of nitrogens with two attached hydrogens (primary N) is 1. The van der Waals surface area contributed by atoms with Crippen molar-refractivity contribution in [2.45, 2.75) is 6.92 Å². The highest BCUT2D eigenvalue weighted by molar-refractivity contribution is 6.30. The van der Waals surface area contributed by atoms with E-state index in [0.717, 1.165) is 5.56 Å². The number of hydrogen-bond donors (Lipinski definition) is 2. The first-order chi connectivity index (χ1) is 8.06. The van der Waals surface area contributed by atoms with E-state index in [2.05, 4.69) is 10.3 Å². The van der Waals surface area contributed by atoms with Crippen LogP contribution in [0.4, 0.5) is 21.6 Å². The number of benzene rings is 1. The minimum absolute atomic E-state index is 0.325. The molecular formula is C12H11ClFN3. The second-order valence-electron chi connectivity index (χ2n) is 3.68. The van der Waals surface area contributed by atoms with Crippen molar-refractivity contribution >= 4 is 28.8 Å². The van der Waals surface area contributed by atoms with Crippen LogP contribution in [-0.4, -0.2) is 4.98 Å². The maximum Gasteiger partial charge on any atom is 0.148 e. The number of aromatic nitrogens is 1. The molecule has 17 heavy (non-hydrogen) atoms. The first-order valence-electron chi connectivity index (χ1n) is 5.00. The molecule has 1 aromatic heterocycles. The molecule has 2 rings (SSSR count). The Balaban J connectivity index is 2.28. The molecule has 3 N–H and O–H groups in total. The fourth-order valence-electron chi connectivity index (χ4n) is 1.36. The van der Waals surface area contributed by atoms with Crippen molar-refractivity contribution in [2.75, 3.05) is 11.1 Å². The first-order valence-corrected chi connectivity index (χ1v) is 5.38. The summed E-state index contributed by atoms with van der Waals surface area (Å²) in [4.78, 5) is 4.06. The number of hydrogen-bond acceptors (Lipinski definition) is 3. The molecule has 0 saturated heterocycles. The predicted molar refractivity (Wildman–Crippen MR) is 68.1 cm³/mol. The lowest BCUT2D eigenvalue weighted by molar-refractivity contribution is 0.632. The number of rotatable bonds is 2. The largest absolute Gasteiger partial charge is 0.397 e. The zero-order valence-electron chi connectivity index (χ0n) is 9.17. The fraction of sp³-hybridized carbons (Fsp3) is 0.0833. The Morgan fingerprint density at radius 2 is 2.12 bits per heavy atom. The van der Waals surface area contributed by atoms with E-state index < -0.39 is 5.82 Å². The lowest BCUT2D eigenvalue weighted by Crippen LogP contribution is -1.98. The van der Waals surface area contributed by atoms with Crippen LogP contribution in [-0.2, 0) is 0 Å². The van der Waals surface area contributed by atoms with E-state index in [1.165, 1.54) is 12.3 Å². The minimum Gasteiger partial charge on any atom is -0.397 e. The van der Waals surface area contributed by atoms with Gasteiger partial charge in [0.25, 0.3) is 0 Å². The zero-order chi connectivity index (χ0) is 12.4. The molecule has 88 valence electrons. The van der Waals surface area contributed by atoms with Gasteiger partial charge < -0.3 is 11.1 Å². The molecule has 0 aliphatic carbocycles. The number of nitrogen functional groups attached to an aromatic ring is 1. The van der Waals surface area contributed by atoms with E-state index in [-0.39, 0.29) is 0 Å². The lowest BCUT2D eigenvalue weighted by Gasteiger charge is -2.08. The molecule has 0 fully saturated rings. The van der Waals surface area contributed by atoms with E-state index in [0.29, 0.717) is 22.2 Å². The number of pyridine rings is 1. The quantitative estimate of drug-likeness (QED) is 0.859. The van der Waals surface area contributed by atoms with E-state index >= 15 is 0 Å². The smallest absolute Gasteiger partial charge is 0.148 e. The van der Waals surface area contributed by atoms with Crippen molar-refractivity contribution < 1.29 is 4.39 Å². The third kappa shape index (κ3) is 2.65. The Kier molecular flexibility index (Phi) is 3.15. The van der Waals surface area contributed by atoms with Crippen LogP contribution >= 0.6 is 11.6 Å². The number of nitrogens with one attached hydrogen (secondary N) is 1. The van der Waals surface area contributed by atoms with Crippen molar-refractivity contribution in [3.8, 4) is 0 Å². The van der Waals surface area contributed by atoms with Crippen LogP contribution in [0.1, 0.15) is 5.56 Å². The first kappa shape index (κ1) is 11.7. The van der Waals surface area contributed by atoms with Crippen LogP contribution in [0.25, 0.3) is 0 Å². The van der Waals surface area contributed by atoms with E-state index in [1.807, 2.05) is 6.92 Å². The van der Waals surface area contributed by atoms with Gasteiger partial charge in [0.2, 0.25) is 0 Å². The topological polar surface area (TPSA) is 50.9 Å². The average Bonchev–Trinajstić information content (AvgIpc) is 2.27. The predicted octanol–water partition coefficient (Wildman–Crippen LogP) is 3.51. The summed E-state index contributed by atoms with van der Waals surface area (Å²) in [6, 6.07) is 6.17. The molecular weight excluding hydrogens is 241 g/mol. The monoisotopic (exact) mass is 251 g/mol. The molecule has 0 spiro atoms. The second kappa shape index (κ2) is 4.59. The maximum atomic E-state index is 13.5. The van der Waals surface area contributed by atoms with Crippen molar-refractivity contribution in [1.29, 1.82) is 0 Å². The lowest BCUT2D eigenvalue weighted by atomic mass is 10.2. The Morgan fingerprint density at radius 3 is 2.76 bits per heavy atom. The van der Waals surface area contributed by atoms with Crippen LogP contribution in [0.15, 0.2) is 30.5 Å². The van der Waals surface area contributed by atoms with Gasteiger partial charge in [0.1, 0.15) is 11.6 Å². The third-order valence-electron chi connectivity index (χ3n) is 2.35. The van der Waals surface area contributed by atoms with Crippen molar-refractivity contribution in [1.82, 2.24) is 4.98 Å². The van der Waals surface area contributed by atoms with Gasteiger partial charge in [-0.25, -0.2) is 9.37 Å². The molecule has 0 amide bonds. The average molecular weight is 252 g/mol. The molecule has 1 aromatic carbocycles. The van der Waals surface area contributed by atoms with Crippen LogP contribution in [0.3, 0.4) is 0 Å². The van der Waals surface area contributed by atoms with Crippen LogP contribution in [0.5, 0.6) is 0 Å². The third-order valence-corrected chi connectivity index (χ3v) is 2.58. The van der Waals surface area contributed by atoms with Gasteiger partial charge in [-0.15, -0.1) is 0 Å². The number of nitrogens with zero attached hydrogens (tertiary/aromatic N) is 1. The summed E-state index contributed by atoms with van der Waals surface area (Å²) in [5, 5.41) is 3.22. The molecule has 0 atom stereocenters. The maximum absolute atomic E-state index is 13.5. The molecule has 3 nitrogen and oxygen atoms in total. The van der Waals surface area contributed by atoms with Gasteiger partial charge in [0.15, 0.2) is 0 Å². The summed E-state index contributed by atoms with van der Waals surface area (Å²) in [5.74, 6) is 0.117. The van der Waals surface area contributed by atoms with Gasteiger partial charge >= 0.3 is 0 Å². The van der Waals surface area contributed by atoms with Crippen molar-refractivity contribution in [2.24, 2.45) is 0 Å². The Morgan fingerprint density at radius 1 is 1.35 bits per heavy atom. The van der Waals surface area contributed by atoms with E-state index in [9.17, 15) is 4.39 Å². The SMILES string of the molecule is Cc1cc(Nc2ccc(Cl)cc2F)ncc1N. The summed E-state index contributed by atoms with van der Waals surface area (Å²) in [7, 11) is 0. The van der Waals surface area contributed by atoms with E-state index in [1.54, 1.807) is 18.2 Å². The standard InChI is InChI=1S/C12H11ClFN3/c1-7-4-12(16-6-10(7)15)17-11-3-2-8(13)5-9(11)14/h2-6H,15H2,1H3,(H,16,17). The highest BCUT2D eigenvalue weighted by Crippen LogP contribution is 2.23. The fourth-order valence-corrected chi connectivity index (χ4v) is 1.52. The summed E-state index contributed by atoms with van der Waals surface area (Å²) < 4.78 is 13.5. The number of aryl methyl sites for hydroxylation is 1. The van der Waals surface area contributed by atoms with Gasteiger partial charge in [-0.05, 0) is 36.8 Å². The molecule has 2 aromatic rings. The Labute approximate surface area is 103 Å². The summed E-state index contributed by atoms with van der Waals surface area (Å²) in [6.45, 7) is 1.86. The summed E-state index contributed by atoms with van der Waals surface area (Å²) in [6.07, 6.45) is 1.53. The molecule has 0 unspecified atom stereocenters. The minimum atomic E-state index is -0.422. The number of halogens is 2. The van der Waals surface area contributed by atoms with E-state index in [4.69, 9.17) is 17.3 Å². The van der Waals surface area contributed by atoms with Gasteiger partial charge in [-0.2, -0.15) is 0 Å². The normalized spacial score (nSPS) is 10.3. The molecule has 0 aliphatic rings. The van der Waals surface area contributed by atoms with Crippen molar-refractivity contribution in [3.05, 3.63) is 46.9 Å². The van der Waals surface area contributed by atoms with Crippen LogP contribution in [0, 0.1) is 12.7 Å². The molecule has 0 radical (unpaired) electrons. The van der Waals surface area contributed by atoms with Gasteiger partial charge in [-0.1, -0.05) is 11.6 Å². The molecule has 0 aliphatic heterocycles. The van der Waals surface area contributed by atoms with Gasteiger partial charge in [0.05, 0.1) is 17.6 Å². The summed E-state index contributed by atoms with van der Waals surface area (Å²) in [5.41, 5.74) is 7.46. The molecule has 5 heteroatoms. The second-order valence-corrected chi connectivity index (χ2v) is 4.11.